The van der Waals surface area contributed by atoms with Crippen LogP contribution in [0.2, 0.25) is 0 Å². The van der Waals surface area contributed by atoms with Gasteiger partial charge in [0.05, 0.1) is 0 Å². The van der Waals surface area contributed by atoms with Gasteiger partial charge in [-0.15, -0.1) is 0 Å². The Labute approximate surface area is 82.0 Å². The van der Waals surface area contributed by atoms with Crippen LogP contribution in [0.5, 0.6) is 0 Å². The molecule has 0 radical (unpaired) electrons. The Morgan fingerprint density at radius 3 is 2.92 bits per heavy atom. The maximum Gasteiger partial charge on any atom is 0.0137 e. The van der Waals surface area contributed by atoms with Crippen LogP contribution in [0.3, 0.4) is 0 Å². The van der Waals surface area contributed by atoms with Crippen molar-refractivity contribution in [3.63, 3.8) is 0 Å². The van der Waals surface area contributed by atoms with Crippen molar-refractivity contribution in [3.05, 3.63) is 12.2 Å². The van der Waals surface area contributed by atoms with E-state index in [9.17, 15) is 0 Å². The molecule has 13 heavy (non-hydrogen) atoms. The minimum absolute atomic E-state index is 0.715. The van der Waals surface area contributed by atoms with E-state index < -0.39 is 0 Å². The quantitative estimate of drug-likeness (QED) is 0.665. The van der Waals surface area contributed by atoms with Crippen LogP contribution in [0.15, 0.2) is 12.2 Å². The van der Waals surface area contributed by atoms with Crippen molar-refractivity contribution in [2.24, 2.45) is 5.92 Å². The van der Waals surface area contributed by atoms with Gasteiger partial charge in [-0.1, -0.05) is 19.1 Å². The predicted molar refractivity (Wildman–Crippen MR) is 57.9 cm³/mol. The van der Waals surface area contributed by atoms with Gasteiger partial charge in [-0.2, -0.15) is 0 Å². The van der Waals surface area contributed by atoms with E-state index in [0.29, 0.717) is 6.04 Å². The third-order valence-electron chi connectivity index (χ3n) is 2.84. The molecule has 0 aromatic rings. The second kappa shape index (κ2) is 5.40. The van der Waals surface area contributed by atoms with Crippen molar-refractivity contribution in [2.45, 2.75) is 26.3 Å². The number of likely N-dealkylation sites (tertiary alicyclic amines) is 1. The van der Waals surface area contributed by atoms with Crippen molar-refractivity contribution in [1.29, 1.82) is 0 Å². The largest absolute Gasteiger partial charge is 0.310 e. The van der Waals surface area contributed by atoms with Crippen LogP contribution < -0.4 is 5.32 Å². The molecule has 0 saturated carbocycles. The Kier molecular flexibility index (Phi) is 4.46. The van der Waals surface area contributed by atoms with Gasteiger partial charge >= 0.3 is 0 Å². The first kappa shape index (κ1) is 10.7. The minimum atomic E-state index is 0.715. The van der Waals surface area contributed by atoms with E-state index in [1.807, 2.05) is 0 Å². The fraction of sp³-hybridized carbons (Fsp3) is 0.818. The summed E-state index contributed by atoms with van der Waals surface area (Å²) in [6.07, 6.45) is 5.58. The zero-order chi connectivity index (χ0) is 9.68. The molecule has 1 fully saturated rings. The van der Waals surface area contributed by atoms with Gasteiger partial charge in [0.2, 0.25) is 0 Å². The summed E-state index contributed by atoms with van der Waals surface area (Å²) in [6.45, 7) is 7.89. The average Bonchev–Trinajstić information content (AvgIpc) is 2.09. The van der Waals surface area contributed by atoms with E-state index >= 15 is 0 Å². The van der Waals surface area contributed by atoms with Gasteiger partial charge < -0.3 is 10.2 Å². The molecule has 0 aliphatic carbocycles. The summed E-state index contributed by atoms with van der Waals surface area (Å²) in [4.78, 5) is 2.42. The fourth-order valence-electron chi connectivity index (χ4n) is 1.99. The Bertz CT molecular complexity index is 165. The SMILES string of the molecule is C/C=C/CNC1CCN(C)CC1C. The molecule has 1 N–H and O–H groups in total. The second-order valence-corrected chi connectivity index (χ2v) is 4.11. The lowest BCUT2D eigenvalue weighted by molar-refractivity contribution is 0.178. The van der Waals surface area contributed by atoms with Crippen molar-refractivity contribution in [3.8, 4) is 0 Å². The van der Waals surface area contributed by atoms with E-state index in [1.54, 1.807) is 0 Å². The van der Waals surface area contributed by atoms with Gasteiger partial charge in [-0.3, -0.25) is 0 Å². The minimum Gasteiger partial charge on any atom is -0.310 e. The predicted octanol–water partition coefficient (Wildman–Crippen LogP) is 1.49. The van der Waals surface area contributed by atoms with Crippen molar-refractivity contribution < 1.29 is 0 Å². The molecule has 1 aliphatic heterocycles. The molecular formula is C11H22N2. The van der Waals surface area contributed by atoms with Gasteiger partial charge in [-0.05, 0) is 32.9 Å². The maximum atomic E-state index is 3.58. The number of allylic oxidation sites excluding steroid dienone is 1. The lowest BCUT2D eigenvalue weighted by atomic mass is 9.94. The first-order chi connectivity index (χ1) is 6.24. The van der Waals surface area contributed by atoms with Crippen LogP contribution in [0.1, 0.15) is 20.3 Å². The topological polar surface area (TPSA) is 15.3 Å². The van der Waals surface area contributed by atoms with E-state index in [0.717, 1.165) is 12.5 Å². The van der Waals surface area contributed by atoms with Gasteiger partial charge in [0, 0.05) is 19.1 Å². The second-order valence-electron chi connectivity index (χ2n) is 4.11. The van der Waals surface area contributed by atoms with Gasteiger partial charge in [0.1, 0.15) is 0 Å². The molecule has 0 aromatic heterocycles. The van der Waals surface area contributed by atoms with Crippen LogP contribution in [-0.4, -0.2) is 37.6 Å². The first-order valence-electron chi connectivity index (χ1n) is 5.27. The number of hydrogen-bond acceptors (Lipinski definition) is 2. The summed E-state index contributed by atoms with van der Waals surface area (Å²) in [7, 11) is 2.21. The number of rotatable bonds is 3. The van der Waals surface area contributed by atoms with Crippen molar-refractivity contribution in [2.75, 3.05) is 26.7 Å². The monoisotopic (exact) mass is 182 g/mol. The molecule has 1 saturated heterocycles. The van der Waals surface area contributed by atoms with Crippen molar-refractivity contribution >= 4 is 0 Å². The highest BCUT2D eigenvalue weighted by Gasteiger charge is 2.22. The molecular weight excluding hydrogens is 160 g/mol. The highest BCUT2D eigenvalue weighted by atomic mass is 15.1. The van der Waals surface area contributed by atoms with Crippen LogP contribution in [0, 0.1) is 5.92 Å². The number of piperidine rings is 1. The molecule has 0 spiro atoms. The van der Waals surface area contributed by atoms with Crippen LogP contribution in [-0.2, 0) is 0 Å². The lowest BCUT2D eigenvalue weighted by Crippen LogP contribution is -2.46. The number of hydrogen-bond donors (Lipinski definition) is 1. The third-order valence-corrected chi connectivity index (χ3v) is 2.84. The summed E-state index contributed by atoms with van der Waals surface area (Å²) < 4.78 is 0. The van der Waals surface area contributed by atoms with E-state index in [4.69, 9.17) is 0 Å². The zero-order valence-electron chi connectivity index (χ0n) is 9.09. The Morgan fingerprint density at radius 2 is 2.31 bits per heavy atom. The van der Waals surface area contributed by atoms with Gasteiger partial charge in [-0.25, -0.2) is 0 Å². The summed E-state index contributed by atoms with van der Waals surface area (Å²) in [5.41, 5.74) is 0. The van der Waals surface area contributed by atoms with E-state index in [2.05, 4.69) is 43.3 Å². The summed E-state index contributed by atoms with van der Waals surface area (Å²) >= 11 is 0. The lowest BCUT2D eigenvalue weighted by Gasteiger charge is -2.35. The zero-order valence-corrected chi connectivity index (χ0v) is 9.09. The molecule has 0 bridgehead atoms. The third kappa shape index (κ3) is 3.49. The Balaban J connectivity index is 2.25. The van der Waals surface area contributed by atoms with Crippen LogP contribution in [0.25, 0.3) is 0 Å². The normalized spacial score (nSPS) is 31.3. The van der Waals surface area contributed by atoms with Crippen molar-refractivity contribution in [1.82, 2.24) is 10.2 Å². The average molecular weight is 182 g/mol. The van der Waals surface area contributed by atoms with Gasteiger partial charge in [0.15, 0.2) is 0 Å². The maximum absolute atomic E-state index is 3.58. The van der Waals surface area contributed by atoms with Crippen LogP contribution in [0.4, 0.5) is 0 Å². The highest BCUT2D eigenvalue weighted by molar-refractivity contribution is 4.86. The fourth-order valence-corrected chi connectivity index (χ4v) is 1.99. The highest BCUT2D eigenvalue weighted by Crippen LogP contribution is 2.14. The molecule has 2 nitrogen and oxygen atoms in total. The smallest absolute Gasteiger partial charge is 0.0137 e. The molecule has 0 amide bonds. The molecule has 0 aromatic carbocycles. The number of nitrogens with one attached hydrogen (secondary N) is 1. The van der Waals surface area contributed by atoms with E-state index in [1.165, 1.54) is 19.5 Å². The number of nitrogens with zero attached hydrogens (tertiary/aromatic N) is 1. The molecule has 1 rings (SSSR count). The molecule has 2 unspecified atom stereocenters. The summed E-state index contributed by atoms with van der Waals surface area (Å²) in [6, 6.07) is 0.715. The molecule has 2 heteroatoms. The molecule has 1 heterocycles. The summed E-state index contributed by atoms with van der Waals surface area (Å²) in [5.74, 6) is 0.781. The first-order valence-corrected chi connectivity index (χ1v) is 5.27. The standard InChI is InChI=1S/C11H22N2/c1-4-5-7-12-11-6-8-13(3)9-10(11)2/h4-5,10-12H,6-9H2,1-3H3/b5-4+. The van der Waals surface area contributed by atoms with Gasteiger partial charge in [0.25, 0.3) is 0 Å². The Hall–Kier alpha value is -0.340. The Morgan fingerprint density at radius 1 is 1.54 bits per heavy atom. The van der Waals surface area contributed by atoms with Crippen LogP contribution >= 0.6 is 0 Å². The van der Waals surface area contributed by atoms with E-state index in [-0.39, 0.29) is 0 Å². The summed E-state index contributed by atoms with van der Waals surface area (Å²) in [5, 5.41) is 3.58. The molecule has 76 valence electrons. The molecule has 2 atom stereocenters. The molecule has 1 aliphatic rings.